The lowest BCUT2D eigenvalue weighted by Crippen LogP contribution is -2.69. The van der Waals surface area contributed by atoms with Crippen LogP contribution in [0.1, 0.15) is 106 Å². The molecule has 41 nitrogen and oxygen atoms in total. The Bertz CT molecular complexity index is 4720. The van der Waals surface area contributed by atoms with Crippen LogP contribution in [0.15, 0.2) is 58.3 Å². The Kier molecular flexibility index (Phi) is 32.6. The number of nitrogens with zero attached hydrogens (tertiary/aromatic N) is 6. The van der Waals surface area contributed by atoms with E-state index in [4.69, 9.17) is 65.6 Å². The summed E-state index contributed by atoms with van der Waals surface area (Å²) in [6.07, 6.45) is -13.6. The number of phenols is 3. The van der Waals surface area contributed by atoms with Crippen LogP contribution >= 0.6 is 0 Å². The second-order valence-corrected chi connectivity index (χ2v) is 33.4. The minimum absolute atomic E-state index is 0.0101. The Hall–Kier alpha value is -8.94. The average Bonchev–Trinajstić information content (AvgIpc) is 1.47. The van der Waals surface area contributed by atoms with Gasteiger partial charge in [-0.1, -0.05) is 45.9 Å². The Morgan fingerprint density at radius 2 is 1.40 bits per heavy atom. The van der Waals surface area contributed by atoms with E-state index in [2.05, 4.69) is 25.5 Å². The maximum atomic E-state index is 15.0. The molecule has 5 bridgehead atoms. The SMILES string of the molecule is CC1COc2c(N3CCN(C)CC3)c(F)cc3c(=O)c(C(=O)O)cn1c23.CO[C@H]1/C=C/O[C@@]2(C)Oc3c(C)c(O)c4c(O)c(c(/C=N\N5CCN(C)CC5)c(O)c4c3C2=O)NC(=O)/C(C)=C\C=C\[C@@H](C)[C@H](O)[C@@H](C)[C@H](O)[C@@H](C)[C@H](OC(C)=O)[C@@H]1C.NCC[C@H](O)C(=O)N[C@@H]1C[C@H](N)[C@@H](O[C@H]2O[C@H](CN)[C@@H](O)[C@H](O)[C@H]2O)[C@H](O)[C@H]1O[C@H]1O[C@H](CO)[C@@H](O)[C@H](N)[C@H]1O. The van der Waals surface area contributed by atoms with Crippen LogP contribution in [0, 0.1) is 36.4 Å². The number of likely N-dealkylation sites (N-methyl/N-ethyl adjacent to an activating group) is 2. The number of hydrogen-bond acceptors (Lipinski definition) is 37. The van der Waals surface area contributed by atoms with Crippen LogP contribution in [-0.2, 0) is 47.5 Å². The first kappa shape index (κ1) is 98.2. The molecule has 2 amide bonds. The van der Waals surface area contributed by atoms with Gasteiger partial charge in [0.1, 0.15) is 108 Å². The lowest BCUT2D eigenvalue weighted by Gasteiger charge is -2.49. The van der Waals surface area contributed by atoms with E-state index in [1.165, 1.54) is 65.6 Å². The van der Waals surface area contributed by atoms with Crippen LogP contribution in [0.25, 0.3) is 21.7 Å². The van der Waals surface area contributed by atoms with Crippen LogP contribution in [0.5, 0.6) is 28.7 Å². The van der Waals surface area contributed by atoms with Crippen molar-refractivity contribution in [3.63, 3.8) is 0 Å². The largest absolute Gasteiger partial charge is 0.507 e. The highest BCUT2D eigenvalue weighted by molar-refractivity contribution is 6.24. The van der Waals surface area contributed by atoms with Crippen LogP contribution in [0.2, 0.25) is 0 Å². The standard InChI is InChI=1S/C43H58N4O12.C22H43N5O13.C18H20FN3O4/c1-21-12-11-13-22(2)42(55)45-33-28(20-44-47-17-15-46(9)16-18-47)37(52)30-31(38(33)53)36(51)26(6)40-32(30)41(54)43(8,59-40)57-19-14-29(56-10)23(3)39(58-27(7)48)25(5)35(50)24(4)34(21)49;23-2-1-8(29)20(36)27-7-3-6(25)18(39-22-16(34)15(33)13(31)9(4-24)37-22)17(35)19(7)40-21-14(32)11(26)12(30)10(5-28)38-21;1-10-9-26-17-14-11(16(23)12(18(24)25)8-22(10)14)7-13(19)15(17)21-5-3-20(2)4-6-21/h11-14,19-21,23-25,29,34-35,39,49-53H,15-18H2,1-10H3,(H,45,55);6-19,21-22,28-35H,1-5,23-26H2,(H,27,36);7-8,10H,3-6,9H2,1-2H3,(H,24,25)/b12-11+,19-14+,22-13-,44-20-;;/t21-,23-,24-,25-,29+,34+,35+,39-,43+;6-,7+,8-,9+,10+,11-,12+,13+,14+,15-,16+,17-,18+,19-,21+,22+;/m10./s1. The number of aliphatic hydroxyl groups is 10. The van der Waals surface area contributed by atoms with Crippen molar-refractivity contribution in [1.82, 2.24) is 24.7 Å². The Balaban J connectivity index is 0.000000212. The molecule has 4 saturated heterocycles. The fraction of sp³-hybridized carbons (Fsp3) is 0.627. The topological polar surface area (TPSA) is 627 Å². The van der Waals surface area contributed by atoms with Crippen LogP contribution in [0.4, 0.5) is 15.8 Å². The minimum atomic E-state index is -2.04. The number of aromatic carboxylic acids is 1. The number of ketones is 1. The maximum absolute atomic E-state index is 15.0. The number of methoxy groups -OCH3 is 1. The molecule has 8 aliphatic heterocycles. The fourth-order valence-electron chi connectivity index (χ4n) is 16.7. The van der Waals surface area contributed by atoms with Gasteiger partial charge in [-0.15, -0.1) is 0 Å². The van der Waals surface area contributed by atoms with Crippen LogP contribution in [0.3, 0.4) is 0 Å². The molecular weight excluding hydrogens is 1650 g/mol. The number of halogens is 1. The van der Waals surface area contributed by atoms with Crippen molar-refractivity contribution < 1.29 is 142 Å². The Morgan fingerprint density at radius 1 is 0.768 bits per heavy atom. The van der Waals surface area contributed by atoms with Gasteiger partial charge in [-0.3, -0.25) is 29.0 Å². The van der Waals surface area contributed by atoms with Gasteiger partial charge in [-0.05, 0) is 66.4 Å². The van der Waals surface area contributed by atoms with Gasteiger partial charge in [0.2, 0.25) is 11.3 Å². The number of aromatic hydroxyl groups is 3. The number of amides is 2. The van der Waals surface area contributed by atoms with E-state index in [0.29, 0.717) is 43.1 Å². The number of pyridine rings is 1. The molecule has 5 fully saturated rings. The number of allylic oxidation sites excluding steroid dienone is 2. The van der Waals surface area contributed by atoms with E-state index in [-0.39, 0.29) is 94.0 Å². The molecule has 9 aliphatic rings. The van der Waals surface area contributed by atoms with E-state index < -0.39 is 216 Å². The molecule has 24 N–H and O–H groups in total. The lowest BCUT2D eigenvalue weighted by molar-refractivity contribution is -0.332. The molecule has 1 aliphatic carbocycles. The zero-order valence-electron chi connectivity index (χ0n) is 71.7. The zero-order chi connectivity index (χ0) is 92.1. The molecular formula is C83H121FN12O29. The molecule has 13 rings (SSSR count). The van der Waals surface area contributed by atoms with Gasteiger partial charge in [-0.25, -0.2) is 9.18 Å². The predicted octanol–water partition coefficient (Wildman–Crippen LogP) is -2.54. The number of benzene rings is 3. The number of nitrogens with two attached hydrogens (primary N) is 4. The number of carboxylic acid groups (broad SMARTS) is 1. The molecule has 694 valence electrons. The zero-order valence-corrected chi connectivity index (χ0v) is 71.7. The van der Waals surface area contributed by atoms with Crippen molar-refractivity contribution in [2.24, 2.45) is 51.7 Å². The Labute approximate surface area is 719 Å². The highest BCUT2D eigenvalue weighted by atomic mass is 19.1. The number of anilines is 2. The smallest absolute Gasteiger partial charge is 0.341 e. The maximum Gasteiger partial charge on any atom is 0.341 e. The average molecular weight is 1770 g/mol. The number of Topliss-reactive ketones (excluding diaryl/α,β-unsaturated/α-hetero) is 1. The second-order valence-electron chi connectivity index (χ2n) is 33.4. The Morgan fingerprint density at radius 3 is 2.02 bits per heavy atom. The highest BCUT2D eigenvalue weighted by Gasteiger charge is 2.55. The van der Waals surface area contributed by atoms with Crippen LogP contribution in [-0.4, -0.2) is 355 Å². The normalized spacial score (nSPS) is 34.4. The number of carboxylic acids is 1. The quantitative estimate of drug-likeness (QED) is 0.0238. The summed E-state index contributed by atoms with van der Waals surface area (Å²) in [5.41, 5.74) is 22.5. The summed E-state index contributed by atoms with van der Waals surface area (Å²) in [5.74, 6) is -10.7. The van der Waals surface area contributed by atoms with Crippen LogP contribution < -0.4 is 53.4 Å². The van der Waals surface area contributed by atoms with Gasteiger partial charge in [0.15, 0.2) is 29.9 Å². The third kappa shape index (κ3) is 20.8. The van der Waals surface area contributed by atoms with Gasteiger partial charge < -0.3 is 167 Å². The first-order valence-corrected chi connectivity index (χ1v) is 41.4. The number of ether oxygens (including phenoxy) is 9. The van der Waals surface area contributed by atoms with E-state index in [1.807, 2.05) is 25.9 Å². The third-order valence-electron chi connectivity index (χ3n) is 24.6. The number of rotatable bonds is 16. The fourth-order valence-corrected chi connectivity index (χ4v) is 16.7. The number of carbonyl (C=O) groups excluding carboxylic acids is 4. The number of nitrogens with one attached hydrogen (secondary N) is 2. The number of hydrogen-bond donors (Lipinski definition) is 20. The summed E-state index contributed by atoms with van der Waals surface area (Å²) in [4.78, 5) is 83.3. The van der Waals surface area contributed by atoms with Gasteiger partial charge in [-0.2, -0.15) is 5.10 Å². The van der Waals surface area contributed by atoms with Gasteiger partial charge in [0.25, 0.3) is 11.7 Å². The molecule has 1 aromatic heterocycles. The molecule has 42 heteroatoms. The predicted molar refractivity (Wildman–Crippen MR) is 447 cm³/mol. The summed E-state index contributed by atoms with van der Waals surface area (Å²) in [7, 11) is 5.44. The van der Waals surface area contributed by atoms with Crippen molar-refractivity contribution in [1.29, 1.82) is 0 Å². The first-order chi connectivity index (χ1) is 59.0. The second kappa shape index (κ2) is 41.4. The van der Waals surface area contributed by atoms with Gasteiger partial charge in [0.05, 0.1) is 88.6 Å². The minimum Gasteiger partial charge on any atom is -0.507 e. The number of aromatic nitrogens is 1. The highest BCUT2D eigenvalue weighted by Crippen LogP contribution is 2.55. The molecule has 4 aromatic rings. The van der Waals surface area contributed by atoms with Crippen molar-refractivity contribution in [2.75, 3.05) is 110 Å². The number of esters is 1. The monoisotopic (exact) mass is 1770 g/mol. The number of aliphatic hydroxyl groups excluding tert-OH is 10. The van der Waals surface area contributed by atoms with E-state index in [9.17, 15) is 105 Å². The third-order valence-corrected chi connectivity index (χ3v) is 24.6. The van der Waals surface area contributed by atoms with Crippen molar-refractivity contribution in [3.8, 4) is 28.7 Å². The van der Waals surface area contributed by atoms with Crippen molar-refractivity contribution in [3.05, 3.63) is 86.7 Å². The summed E-state index contributed by atoms with van der Waals surface area (Å²) in [5, 5.41) is 161. The molecule has 125 heavy (non-hydrogen) atoms. The summed E-state index contributed by atoms with van der Waals surface area (Å²) in [6.45, 7) is 19.3. The van der Waals surface area contributed by atoms with Crippen molar-refractivity contribution >= 4 is 68.8 Å². The first-order valence-electron chi connectivity index (χ1n) is 41.4. The molecule has 0 spiro atoms. The molecule has 9 heterocycles. The molecule has 26 atom stereocenters. The summed E-state index contributed by atoms with van der Waals surface area (Å²) < 4.78 is 68.7. The summed E-state index contributed by atoms with van der Waals surface area (Å²) >= 11 is 0. The lowest BCUT2D eigenvalue weighted by atomic mass is 9.78. The van der Waals surface area contributed by atoms with Gasteiger partial charge in [0, 0.05) is 132 Å². The number of fused-ring (bicyclic) bond motifs is 14. The molecule has 0 radical (unpaired) electrons. The van der Waals surface area contributed by atoms with Gasteiger partial charge >= 0.3 is 17.7 Å². The van der Waals surface area contributed by atoms with Crippen molar-refractivity contribution in [2.45, 2.75) is 209 Å². The van der Waals surface area contributed by atoms with E-state index in [1.54, 1.807) is 49.4 Å². The van der Waals surface area contributed by atoms with E-state index in [0.717, 1.165) is 32.2 Å². The summed E-state index contributed by atoms with van der Waals surface area (Å²) in [6, 6.07) is -2.46. The number of phenolic OH excluding ortho intramolecular Hbond substituents is 3. The molecule has 1 unspecified atom stereocenters. The number of hydrazone groups is 1. The molecule has 3 aromatic carbocycles. The molecule has 1 saturated carbocycles. The number of carbonyl (C=O) groups is 5. The van der Waals surface area contributed by atoms with E-state index >= 15 is 0 Å². The number of piperazine rings is 2.